The van der Waals surface area contributed by atoms with E-state index in [-0.39, 0.29) is 23.1 Å². The Morgan fingerprint density at radius 2 is 2.14 bits per heavy atom. The normalized spacial score (nSPS) is 25.5. The summed E-state index contributed by atoms with van der Waals surface area (Å²) in [6.07, 6.45) is 1.27. The van der Waals surface area contributed by atoms with Gasteiger partial charge in [0, 0.05) is 67.0 Å². The highest BCUT2D eigenvalue weighted by atomic mass is 79.9. The lowest BCUT2D eigenvalue weighted by Gasteiger charge is -2.27. The lowest BCUT2D eigenvalue weighted by atomic mass is 9.93. The van der Waals surface area contributed by atoms with Crippen molar-refractivity contribution in [3.8, 4) is 0 Å². The van der Waals surface area contributed by atoms with Crippen molar-refractivity contribution in [1.82, 2.24) is 19.4 Å². The second-order valence-electron chi connectivity index (χ2n) is 8.10. The van der Waals surface area contributed by atoms with Crippen LogP contribution in [0.1, 0.15) is 29.3 Å². The largest absolute Gasteiger partial charge is 0.340 e. The van der Waals surface area contributed by atoms with Gasteiger partial charge >= 0.3 is 0 Å². The van der Waals surface area contributed by atoms with Crippen LogP contribution in [0.25, 0.3) is 0 Å². The molecule has 2 atom stereocenters. The van der Waals surface area contributed by atoms with Gasteiger partial charge in [-0.15, -0.1) is 0 Å². The number of hydrogen-bond donors (Lipinski definition) is 1. The summed E-state index contributed by atoms with van der Waals surface area (Å²) in [5.74, 6) is 0.211. The quantitative estimate of drug-likeness (QED) is 0.710. The molecule has 0 bridgehead atoms. The Kier molecular flexibility index (Phi) is 4.30. The first kappa shape index (κ1) is 18.5. The van der Waals surface area contributed by atoms with Gasteiger partial charge in [-0.05, 0) is 42.4 Å². The predicted molar refractivity (Wildman–Crippen MR) is 111 cm³/mol. The van der Waals surface area contributed by atoms with E-state index in [0.29, 0.717) is 13.0 Å². The molecule has 1 aliphatic carbocycles. The van der Waals surface area contributed by atoms with Gasteiger partial charge in [-0.2, -0.15) is 0 Å². The first-order chi connectivity index (χ1) is 13.4. The molecule has 1 aromatic carbocycles. The van der Waals surface area contributed by atoms with Crippen molar-refractivity contribution in [2.45, 2.75) is 30.7 Å². The lowest BCUT2D eigenvalue weighted by Crippen LogP contribution is -2.47. The van der Waals surface area contributed by atoms with Crippen LogP contribution in [0.4, 0.5) is 4.39 Å². The van der Waals surface area contributed by atoms with Crippen LogP contribution >= 0.6 is 28.1 Å². The molecule has 0 radical (unpaired) electrons. The molecule has 148 valence electrons. The van der Waals surface area contributed by atoms with Crippen LogP contribution in [0.15, 0.2) is 22.7 Å². The Labute approximate surface area is 176 Å². The molecule has 1 saturated heterocycles. The summed E-state index contributed by atoms with van der Waals surface area (Å²) in [6.45, 7) is 3.86. The first-order valence-corrected chi connectivity index (χ1v) is 10.8. The predicted octanol–water partition coefficient (Wildman–Crippen LogP) is 2.87. The molecular weight excluding hydrogens is 443 g/mol. The minimum Gasteiger partial charge on any atom is -0.340 e. The number of amides is 1. The molecule has 1 unspecified atom stereocenters. The number of aromatic nitrogens is 2. The van der Waals surface area contributed by atoms with E-state index in [1.807, 2.05) is 22.6 Å². The zero-order valence-corrected chi connectivity index (χ0v) is 18.1. The van der Waals surface area contributed by atoms with Gasteiger partial charge in [0.15, 0.2) is 4.77 Å². The molecule has 1 amide bonds. The van der Waals surface area contributed by atoms with E-state index in [2.05, 4.69) is 25.8 Å². The summed E-state index contributed by atoms with van der Waals surface area (Å²) in [5.41, 5.74) is 2.66. The number of carbonyl (C=O) groups excluding carboxylic acids is 1. The van der Waals surface area contributed by atoms with E-state index in [4.69, 9.17) is 12.2 Å². The number of nitrogens with zero attached hydrogens (tertiary/aromatic N) is 3. The molecule has 2 aliphatic heterocycles. The Bertz CT molecular complexity index is 1040. The van der Waals surface area contributed by atoms with Gasteiger partial charge in [0.25, 0.3) is 0 Å². The van der Waals surface area contributed by atoms with Gasteiger partial charge < -0.3 is 19.4 Å². The summed E-state index contributed by atoms with van der Waals surface area (Å²) in [5, 5.41) is 3.28. The Balaban J connectivity index is 1.49. The van der Waals surface area contributed by atoms with E-state index < -0.39 is 0 Å². The molecule has 1 saturated carbocycles. The molecule has 5 rings (SSSR count). The molecule has 0 spiro atoms. The van der Waals surface area contributed by atoms with Crippen molar-refractivity contribution in [2.75, 3.05) is 26.2 Å². The van der Waals surface area contributed by atoms with Crippen molar-refractivity contribution in [3.63, 3.8) is 0 Å². The van der Waals surface area contributed by atoms with E-state index in [1.54, 1.807) is 6.07 Å². The lowest BCUT2D eigenvalue weighted by molar-refractivity contribution is -0.131. The molecule has 8 heteroatoms. The summed E-state index contributed by atoms with van der Waals surface area (Å²) in [6, 6.07) is 5.16. The average molecular weight is 465 g/mol. The SMILES string of the molecule is Cn1c(CC(=O)N2CCNCC2)c2n(c1=S)C[C@@]1(c3cc(Br)ccc3F)CC21. The maximum atomic E-state index is 14.6. The number of nitrogens with one attached hydrogen (secondary N) is 1. The van der Waals surface area contributed by atoms with Gasteiger partial charge in [0.2, 0.25) is 5.91 Å². The molecule has 2 aromatic rings. The first-order valence-electron chi connectivity index (χ1n) is 9.65. The zero-order valence-electron chi connectivity index (χ0n) is 15.7. The number of imidazole rings is 1. The van der Waals surface area contributed by atoms with Crippen LogP contribution in [-0.2, 0) is 30.2 Å². The van der Waals surface area contributed by atoms with E-state index in [0.717, 1.165) is 58.8 Å². The fourth-order valence-electron chi connectivity index (χ4n) is 5.03. The zero-order chi connectivity index (χ0) is 19.6. The minimum atomic E-state index is -0.224. The highest BCUT2D eigenvalue weighted by Crippen LogP contribution is 2.66. The third kappa shape index (κ3) is 2.64. The van der Waals surface area contributed by atoms with Crippen LogP contribution < -0.4 is 5.32 Å². The molecule has 3 aliphatic rings. The van der Waals surface area contributed by atoms with Crippen molar-refractivity contribution in [1.29, 1.82) is 0 Å². The van der Waals surface area contributed by atoms with Crippen LogP contribution in [0.5, 0.6) is 0 Å². The topological polar surface area (TPSA) is 42.2 Å². The summed E-state index contributed by atoms with van der Waals surface area (Å²) in [7, 11) is 1.94. The fourth-order valence-corrected chi connectivity index (χ4v) is 5.66. The maximum Gasteiger partial charge on any atom is 0.228 e. The van der Waals surface area contributed by atoms with E-state index in [9.17, 15) is 9.18 Å². The van der Waals surface area contributed by atoms with Crippen LogP contribution in [-0.4, -0.2) is 46.1 Å². The molecule has 3 heterocycles. The van der Waals surface area contributed by atoms with E-state index >= 15 is 0 Å². The second kappa shape index (κ2) is 6.50. The van der Waals surface area contributed by atoms with Gasteiger partial charge in [0.1, 0.15) is 5.82 Å². The fraction of sp³-hybridized carbons (Fsp3) is 0.500. The number of rotatable bonds is 3. The van der Waals surface area contributed by atoms with Gasteiger partial charge in [-0.1, -0.05) is 15.9 Å². The van der Waals surface area contributed by atoms with E-state index in [1.165, 1.54) is 6.07 Å². The van der Waals surface area contributed by atoms with Gasteiger partial charge in [0.05, 0.1) is 6.42 Å². The molecular formula is C20H22BrFN4OS. The molecule has 28 heavy (non-hydrogen) atoms. The third-order valence-electron chi connectivity index (χ3n) is 6.61. The summed E-state index contributed by atoms with van der Waals surface area (Å²) < 4.78 is 20.3. The molecule has 2 fully saturated rings. The highest BCUT2D eigenvalue weighted by molar-refractivity contribution is 9.10. The van der Waals surface area contributed by atoms with Crippen LogP contribution in [0.3, 0.4) is 0 Å². The Hall–Kier alpha value is -1.51. The standard InChI is InChI=1S/C20H22BrFN4OS/c1-24-16(9-17(27)25-6-4-23-5-7-25)18-14-10-20(14,11-26(18)19(24)28)13-8-12(21)2-3-15(13)22/h2-3,8,14,23H,4-7,9-11H2,1H3/t14?,20-/m1/s1. The number of piperazine rings is 1. The smallest absolute Gasteiger partial charge is 0.228 e. The Morgan fingerprint density at radius 3 is 2.89 bits per heavy atom. The van der Waals surface area contributed by atoms with Gasteiger partial charge in [-0.25, -0.2) is 4.39 Å². The third-order valence-corrected chi connectivity index (χ3v) is 7.60. The number of halogens is 2. The number of hydrogen-bond acceptors (Lipinski definition) is 3. The average Bonchev–Trinajstić information content (AvgIpc) is 3.26. The molecule has 5 nitrogen and oxygen atoms in total. The van der Waals surface area contributed by atoms with Crippen molar-refractivity contribution < 1.29 is 9.18 Å². The number of carbonyl (C=O) groups is 1. The van der Waals surface area contributed by atoms with Crippen molar-refractivity contribution in [2.24, 2.45) is 7.05 Å². The minimum absolute atomic E-state index is 0.146. The van der Waals surface area contributed by atoms with Crippen LogP contribution in [0, 0.1) is 10.6 Å². The summed E-state index contributed by atoms with van der Waals surface area (Å²) in [4.78, 5) is 14.8. The second-order valence-corrected chi connectivity index (χ2v) is 9.39. The van der Waals surface area contributed by atoms with Crippen molar-refractivity contribution >= 4 is 34.1 Å². The number of fused-ring (bicyclic) bond motifs is 3. The monoisotopic (exact) mass is 464 g/mol. The van der Waals surface area contributed by atoms with Crippen LogP contribution in [0.2, 0.25) is 0 Å². The highest BCUT2D eigenvalue weighted by Gasteiger charge is 2.63. The van der Waals surface area contributed by atoms with Crippen molar-refractivity contribution in [3.05, 3.63) is 50.2 Å². The molecule has 1 aromatic heterocycles. The molecule has 1 N–H and O–H groups in total. The summed E-state index contributed by atoms with van der Waals surface area (Å²) >= 11 is 9.15. The number of benzene rings is 1. The Morgan fingerprint density at radius 1 is 1.39 bits per heavy atom. The maximum absolute atomic E-state index is 14.6. The van der Waals surface area contributed by atoms with Gasteiger partial charge in [-0.3, -0.25) is 4.79 Å².